The van der Waals surface area contributed by atoms with Crippen LogP contribution in [0.15, 0.2) is 0 Å². The first-order valence-corrected chi connectivity index (χ1v) is 5.50. The summed E-state index contributed by atoms with van der Waals surface area (Å²) in [5.74, 6) is -3.20. The van der Waals surface area contributed by atoms with E-state index in [0.717, 1.165) is 4.90 Å². The summed E-state index contributed by atoms with van der Waals surface area (Å²) in [6, 6.07) is -2.37. The van der Waals surface area contributed by atoms with E-state index in [1.165, 1.54) is 7.05 Å². The van der Waals surface area contributed by atoms with Gasteiger partial charge in [0.15, 0.2) is 0 Å². The third-order valence-electron chi connectivity index (χ3n) is 2.08. The standard InChI is InChI=1S/C10H17N3O6/c1-3-11-7(14)5-13(2)10(19)12-6(9(17)18)4-8(15)16/h6H,3-5H2,1-2H3,(H,11,14)(H,12,19)(H,15,16)(H,17,18)/t6-/m0/s1. The largest absolute Gasteiger partial charge is 0.481 e. The molecule has 1 atom stereocenters. The van der Waals surface area contributed by atoms with Crippen molar-refractivity contribution in [3.63, 3.8) is 0 Å². The summed E-state index contributed by atoms with van der Waals surface area (Å²) in [5.41, 5.74) is 0. The quantitative estimate of drug-likeness (QED) is 0.455. The molecule has 9 nitrogen and oxygen atoms in total. The second kappa shape index (κ2) is 7.90. The number of likely N-dealkylation sites (N-methyl/N-ethyl adjacent to an activating group) is 2. The molecule has 0 aromatic carbocycles. The Labute approximate surface area is 109 Å². The molecule has 0 aliphatic rings. The van der Waals surface area contributed by atoms with Crippen LogP contribution in [0.25, 0.3) is 0 Å². The highest BCUT2D eigenvalue weighted by Crippen LogP contribution is 1.95. The van der Waals surface area contributed by atoms with Crippen molar-refractivity contribution >= 4 is 23.9 Å². The first-order chi connectivity index (χ1) is 8.77. The first kappa shape index (κ1) is 16.7. The van der Waals surface area contributed by atoms with Crippen molar-refractivity contribution in [1.29, 1.82) is 0 Å². The van der Waals surface area contributed by atoms with Crippen molar-refractivity contribution in [2.24, 2.45) is 0 Å². The van der Waals surface area contributed by atoms with Crippen LogP contribution in [0.3, 0.4) is 0 Å². The van der Waals surface area contributed by atoms with Crippen LogP contribution in [0.4, 0.5) is 4.79 Å². The SMILES string of the molecule is CCNC(=O)CN(C)C(=O)N[C@@H](CC(=O)O)C(=O)O. The molecule has 3 amide bonds. The van der Waals surface area contributed by atoms with Crippen LogP contribution in [-0.2, 0) is 14.4 Å². The number of aliphatic carboxylic acids is 2. The lowest BCUT2D eigenvalue weighted by atomic mass is 10.2. The zero-order valence-electron chi connectivity index (χ0n) is 10.7. The summed E-state index contributed by atoms with van der Waals surface area (Å²) in [7, 11) is 1.30. The molecule has 0 fully saturated rings. The summed E-state index contributed by atoms with van der Waals surface area (Å²) in [5, 5.41) is 21.7. The van der Waals surface area contributed by atoms with Crippen molar-refractivity contribution < 1.29 is 29.4 Å². The summed E-state index contributed by atoms with van der Waals surface area (Å²) in [6.07, 6.45) is -0.740. The molecule has 0 spiro atoms. The number of rotatable bonds is 7. The van der Waals surface area contributed by atoms with E-state index in [9.17, 15) is 19.2 Å². The number of urea groups is 1. The third kappa shape index (κ3) is 6.86. The van der Waals surface area contributed by atoms with E-state index in [1.807, 2.05) is 5.32 Å². The van der Waals surface area contributed by atoms with Gasteiger partial charge in [-0.25, -0.2) is 9.59 Å². The van der Waals surface area contributed by atoms with Gasteiger partial charge in [-0.15, -0.1) is 0 Å². The van der Waals surface area contributed by atoms with Crippen molar-refractivity contribution in [2.45, 2.75) is 19.4 Å². The van der Waals surface area contributed by atoms with Crippen molar-refractivity contribution in [1.82, 2.24) is 15.5 Å². The number of hydrogen-bond donors (Lipinski definition) is 4. The van der Waals surface area contributed by atoms with Gasteiger partial charge >= 0.3 is 18.0 Å². The number of carboxylic acid groups (broad SMARTS) is 2. The molecule has 0 bridgehead atoms. The zero-order chi connectivity index (χ0) is 15.0. The van der Waals surface area contributed by atoms with E-state index in [1.54, 1.807) is 6.92 Å². The Balaban J connectivity index is 4.42. The predicted octanol–water partition coefficient (Wildman–Crippen LogP) is -1.31. The van der Waals surface area contributed by atoms with E-state index >= 15 is 0 Å². The fraction of sp³-hybridized carbons (Fsp3) is 0.600. The van der Waals surface area contributed by atoms with Crippen LogP contribution in [0.5, 0.6) is 0 Å². The molecule has 0 radical (unpaired) electrons. The molecule has 108 valence electrons. The lowest BCUT2D eigenvalue weighted by molar-refractivity contribution is -0.145. The summed E-state index contributed by atoms with van der Waals surface area (Å²) < 4.78 is 0. The maximum absolute atomic E-state index is 11.6. The van der Waals surface area contributed by atoms with Crippen LogP contribution < -0.4 is 10.6 Å². The Morgan fingerprint density at radius 1 is 1.21 bits per heavy atom. The summed E-state index contributed by atoms with van der Waals surface area (Å²) >= 11 is 0. The molecular formula is C10H17N3O6. The van der Waals surface area contributed by atoms with Gasteiger partial charge in [0.2, 0.25) is 5.91 Å². The lowest BCUT2D eigenvalue weighted by Gasteiger charge is -2.20. The van der Waals surface area contributed by atoms with Crippen LogP contribution in [0.1, 0.15) is 13.3 Å². The Hall–Kier alpha value is -2.32. The predicted molar refractivity (Wildman–Crippen MR) is 63.5 cm³/mol. The smallest absolute Gasteiger partial charge is 0.326 e. The number of carbonyl (C=O) groups excluding carboxylic acids is 2. The first-order valence-electron chi connectivity index (χ1n) is 5.50. The molecule has 0 saturated heterocycles. The minimum atomic E-state index is -1.54. The number of carboxylic acids is 2. The summed E-state index contributed by atoms with van der Waals surface area (Å²) in [4.78, 5) is 44.9. The highest BCUT2D eigenvalue weighted by atomic mass is 16.4. The number of carbonyl (C=O) groups is 4. The fourth-order valence-corrected chi connectivity index (χ4v) is 1.17. The van der Waals surface area contributed by atoms with Crippen molar-refractivity contribution in [3.8, 4) is 0 Å². The van der Waals surface area contributed by atoms with Crippen LogP contribution in [0, 0.1) is 0 Å². The van der Waals surface area contributed by atoms with Gasteiger partial charge in [-0.05, 0) is 6.92 Å². The third-order valence-corrected chi connectivity index (χ3v) is 2.08. The van der Waals surface area contributed by atoms with Crippen LogP contribution >= 0.6 is 0 Å². The van der Waals surface area contributed by atoms with E-state index in [-0.39, 0.29) is 6.54 Å². The number of nitrogens with zero attached hydrogens (tertiary/aromatic N) is 1. The van der Waals surface area contributed by atoms with Crippen LogP contribution in [-0.4, -0.2) is 65.2 Å². The molecule has 0 aromatic heterocycles. The van der Waals surface area contributed by atoms with Crippen LogP contribution in [0.2, 0.25) is 0 Å². The van der Waals surface area contributed by atoms with Gasteiger partial charge in [0.25, 0.3) is 0 Å². The normalized spacial score (nSPS) is 11.3. The maximum atomic E-state index is 11.6. The Morgan fingerprint density at radius 3 is 2.21 bits per heavy atom. The van der Waals surface area contributed by atoms with E-state index in [2.05, 4.69) is 5.32 Å². The highest BCUT2D eigenvalue weighted by Gasteiger charge is 2.24. The Kier molecular flexibility index (Phi) is 6.94. The maximum Gasteiger partial charge on any atom is 0.326 e. The molecule has 0 aliphatic heterocycles. The van der Waals surface area contributed by atoms with E-state index in [4.69, 9.17) is 10.2 Å². The topological polar surface area (TPSA) is 136 Å². The molecule has 0 aromatic rings. The molecule has 0 unspecified atom stereocenters. The van der Waals surface area contributed by atoms with Gasteiger partial charge in [0.1, 0.15) is 12.6 Å². The molecule has 0 saturated carbocycles. The summed E-state index contributed by atoms with van der Waals surface area (Å²) in [6.45, 7) is 1.87. The second-order valence-electron chi connectivity index (χ2n) is 3.75. The number of amides is 3. The molecule has 19 heavy (non-hydrogen) atoms. The molecule has 9 heteroatoms. The minimum Gasteiger partial charge on any atom is -0.481 e. The molecular weight excluding hydrogens is 258 g/mol. The highest BCUT2D eigenvalue weighted by molar-refractivity contribution is 5.88. The fourth-order valence-electron chi connectivity index (χ4n) is 1.17. The number of hydrogen-bond acceptors (Lipinski definition) is 4. The Bertz CT molecular complexity index is 370. The Morgan fingerprint density at radius 2 is 1.79 bits per heavy atom. The van der Waals surface area contributed by atoms with Gasteiger partial charge in [0.05, 0.1) is 6.42 Å². The molecule has 0 rings (SSSR count). The second-order valence-corrected chi connectivity index (χ2v) is 3.75. The minimum absolute atomic E-state index is 0.251. The van der Waals surface area contributed by atoms with Gasteiger partial charge < -0.3 is 25.7 Å². The monoisotopic (exact) mass is 275 g/mol. The van der Waals surface area contributed by atoms with E-state index in [0.29, 0.717) is 6.54 Å². The van der Waals surface area contributed by atoms with Crippen molar-refractivity contribution in [3.05, 3.63) is 0 Å². The lowest BCUT2D eigenvalue weighted by Crippen LogP contribution is -2.49. The van der Waals surface area contributed by atoms with Gasteiger partial charge in [-0.3, -0.25) is 9.59 Å². The zero-order valence-corrected chi connectivity index (χ0v) is 10.7. The number of nitrogens with one attached hydrogen (secondary N) is 2. The van der Waals surface area contributed by atoms with Gasteiger partial charge in [0, 0.05) is 13.6 Å². The molecule has 0 aliphatic carbocycles. The average molecular weight is 275 g/mol. The van der Waals surface area contributed by atoms with Gasteiger partial charge in [-0.1, -0.05) is 0 Å². The van der Waals surface area contributed by atoms with E-state index < -0.39 is 36.3 Å². The van der Waals surface area contributed by atoms with Gasteiger partial charge in [-0.2, -0.15) is 0 Å². The van der Waals surface area contributed by atoms with Crippen molar-refractivity contribution in [2.75, 3.05) is 20.1 Å². The molecule has 0 heterocycles. The molecule has 4 N–H and O–H groups in total. The average Bonchev–Trinajstić information content (AvgIpc) is 2.27.